The number of nitrogens with one attached hydrogen (secondary N) is 1. The molecule has 0 radical (unpaired) electrons. The molecule has 2 aromatic rings. The molecule has 2 atom stereocenters. The molecular formula is C18H23NO3. The topological polar surface area (TPSA) is 50.7 Å². The molecule has 0 saturated heterocycles. The van der Waals surface area contributed by atoms with Crippen LogP contribution < -0.4 is 14.8 Å². The number of rotatable bonds is 9. The highest BCUT2D eigenvalue weighted by Crippen LogP contribution is 2.10. The molecule has 4 nitrogen and oxygen atoms in total. The van der Waals surface area contributed by atoms with Gasteiger partial charge in [0.1, 0.15) is 30.3 Å². The van der Waals surface area contributed by atoms with Gasteiger partial charge in [0.05, 0.1) is 0 Å². The van der Waals surface area contributed by atoms with Gasteiger partial charge in [-0.2, -0.15) is 0 Å². The van der Waals surface area contributed by atoms with Gasteiger partial charge in [-0.05, 0) is 31.2 Å². The van der Waals surface area contributed by atoms with Gasteiger partial charge in [-0.3, -0.25) is 0 Å². The number of para-hydroxylation sites is 2. The molecule has 0 bridgehead atoms. The minimum atomic E-state index is -0.552. The second kappa shape index (κ2) is 9.07. The van der Waals surface area contributed by atoms with Gasteiger partial charge in [0, 0.05) is 13.1 Å². The van der Waals surface area contributed by atoms with E-state index in [4.69, 9.17) is 9.47 Å². The summed E-state index contributed by atoms with van der Waals surface area (Å²) in [6.45, 7) is 3.39. The average molecular weight is 301 g/mol. The molecular weight excluding hydrogens is 278 g/mol. The highest BCUT2D eigenvalue weighted by Gasteiger charge is 2.07. The van der Waals surface area contributed by atoms with E-state index in [1.807, 2.05) is 67.6 Å². The van der Waals surface area contributed by atoms with Crippen LogP contribution in [0, 0.1) is 0 Å². The van der Waals surface area contributed by atoms with Crippen LogP contribution in [0.2, 0.25) is 0 Å². The predicted octanol–water partition coefficient (Wildman–Crippen LogP) is 2.48. The van der Waals surface area contributed by atoms with Gasteiger partial charge in [0.25, 0.3) is 0 Å². The highest BCUT2D eigenvalue weighted by atomic mass is 16.5. The number of aliphatic hydroxyl groups is 1. The first kappa shape index (κ1) is 16.3. The van der Waals surface area contributed by atoms with Gasteiger partial charge in [-0.15, -0.1) is 0 Å². The molecule has 2 N–H and O–H groups in total. The van der Waals surface area contributed by atoms with Crippen LogP contribution in [0.15, 0.2) is 60.7 Å². The van der Waals surface area contributed by atoms with Crippen LogP contribution >= 0.6 is 0 Å². The molecule has 0 aliphatic rings. The number of hydrogen-bond acceptors (Lipinski definition) is 4. The molecule has 0 unspecified atom stereocenters. The van der Waals surface area contributed by atoms with Crippen LogP contribution in [-0.4, -0.2) is 37.0 Å². The standard InChI is InChI=1S/C18H23NO3/c1-15(22-18-10-6-3-7-11-18)12-19-13-16(20)14-21-17-8-4-2-5-9-17/h2-11,15-16,19-20H,12-14H2,1H3/t15-,16-/m1/s1. The van der Waals surface area contributed by atoms with Crippen molar-refractivity contribution in [3.05, 3.63) is 60.7 Å². The van der Waals surface area contributed by atoms with E-state index < -0.39 is 6.10 Å². The lowest BCUT2D eigenvalue weighted by atomic mass is 10.3. The third kappa shape index (κ3) is 6.16. The van der Waals surface area contributed by atoms with Crippen LogP contribution in [-0.2, 0) is 0 Å². The Morgan fingerprint density at radius 1 is 0.909 bits per heavy atom. The lowest BCUT2D eigenvalue weighted by molar-refractivity contribution is 0.103. The number of ether oxygens (including phenoxy) is 2. The van der Waals surface area contributed by atoms with Crippen molar-refractivity contribution in [2.75, 3.05) is 19.7 Å². The van der Waals surface area contributed by atoms with Gasteiger partial charge < -0.3 is 19.9 Å². The molecule has 0 aromatic heterocycles. The van der Waals surface area contributed by atoms with Crippen molar-refractivity contribution in [3.63, 3.8) is 0 Å². The minimum absolute atomic E-state index is 0.0321. The fourth-order valence-electron chi connectivity index (χ4n) is 1.99. The summed E-state index contributed by atoms with van der Waals surface area (Å²) in [6, 6.07) is 19.2. The summed E-state index contributed by atoms with van der Waals surface area (Å²) in [6.07, 6.45) is -0.520. The smallest absolute Gasteiger partial charge is 0.119 e. The Morgan fingerprint density at radius 2 is 1.50 bits per heavy atom. The maximum absolute atomic E-state index is 9.88. The molecule has 0 aliphatic heterocycles. The maximum atomic E-state index is 9.88. The Bertz CT molecular complexity index is 518. The van der Waals surface area contributed by atoms with E-state index >= 15 is 0 Å². The zero-order valence-electron chi connectivity index (χ0n) is 12.8. The van der Waals surface area contributed by atoms with Gasteiger partial charge >= 0.3 is 0 Å². The molecule has 22 heavy (non-hydrogen) atoms. The van der Waals surface area contributed by atoms with Crippen molar-refractivity contribution >= 4 is 0 Å². The fourth-order valence-corrected chi connectivity index (χ4v) is 1.99. The van der Waals surface area contributed by atoms with Gasteiger partial charge in [-0.1, -0.05) is 36.4 Å². The highest BCUT2D eigenvalue weighted by molar-refractivity contribution is 5.21. The van der Waals surface area contributed by atoms with E-state index in [-0.39, 0.29) is 12.7 Å². The zero-order chi connectivity index (χ0) is 15.6. The summed E-state index contributed by atoms with van der Waals surface area (Å²) < 4.78 is 11.2. The monoisotopic (exact) mass is 301 g/mol. The summed E-state index contributed by atoms with van der Waals surface area (Å²) in [7, 11) is 0. The first-order valence-corrected chi connectivity index (χ1v) is 7.52. The van der Waals surface area contributed by atoms with Crippen molar-refractivity contribution in [1.82, 2.24) is 5.32 Å². The Morgan fingerprint density at radius 3 is 2.14 bits per heavy atom. The zero-order valence-corrected chi connectivity index (χ0v) is 12.8. The number of hydrogen-bond donors (Lipinski definition) is 2. The van der Waals surface area contributed by atoms with Crippen LogP contribution in [0.4, 0.5) is 0 Å². The number of aliphatic hydroxyl groups excluding tert-OH is 1. The molecule has 0 heterocycles. The first-order chi connectivity index (χ1) is 10.7. The molecule has 4 heteroatoms. The molecule has 0 fully saturated rings. The molecule has 0 amide bonds. The fraction of sp³-hybridized carbons (Fsp3) is 0.333. The van der Waals surface area contributed by atoms with Crippen molar-refractivity contribution < 1.29 is 14.6 Å². The van der Waals surface area contributed by atoms with E-state index in [9.17, 15) is 5.11 Å². The summed E-state index contributed by atoms with van der Waals surface area (Å²) >= 11 is 0. The quantitative estimate of drug-likeness (QED) is 0.747. The molecule has 2 rings (SSSR count). The summed E-state index contributed by atoms with van der Waals surface area (Å²) in [4.78, 5) is 0. The van der Waals surface area contributed by atoms with Crippen molar-refractivity contribution in [2.45, 2.75) is 19.1 Å². The van der Waals surface area contributed by atoms with Crippen LogP contribution in [0.3, 0.4) is 0 Å². The SMILES string of the molecule is C[C@H](CNC[C@@H](O)COc1ccccc1)Oc1ccccc1. The van der Waals surface area contributed by atoms with Crippen molar-refractivity contribution in [1.29, 1.82) is 0 Å². The van der Waals surface area contributed by atoms with Gasteiger partial charge in [0.2, 0.25) is 0 Å². The van der Waals surface area contributed by atoms with E-state index in [2.05, 4.69) is 5.32 Å². The number of benzene rings is 2. The van der Waals surface area contributed by atoms with E-state index in [1.54, 1.807) is 0 Å². The second-order valence-electron chi connectivity index (χ2n) is 5.18. The lowest BCUT2D eigenvalue weighted by Gasteiger charge is -2.17. The molecule has 0 saturated carbocycles. The molecule has 118 valence electrons. The van der Waals surface area contributed by atoms with Gasteiger partial charge in [-0.25, -0.2) is 0 Å². The third-order valence-corrected chi connectivity index (χ3v) is 3.08. The largest absolute Gasteiger partial charge is 0.491 e. The summed E-state index contributed by atoms with van der Waals surface area (Å²) in [5, 5.41) is 13.1. The molecule has 2 aromatic carbocycles. The van der Waals surface area contributed by atoms with Crippen molar-refractivity contribution in [3.8, 4) is 11.5 Å². The predicted molar refractivity (Wildman–Crippen MR) is 87.3 cm³/mol. The minimum Gasteiger partial charge on any atom is -0.491 e. The lowest BCUT2D eigenvalue weighted by Crippen LogP contribution is -2.36. The first-order valence-electron chi connectivity index (χ1n) is 7.52. The maximum Gasteiger partial charge on any atom is 0.119 e. The Labute approximate surface area is 131 Å². The normalized spacial score (nSPS) is 13.4. The summed E-state index contributed by atoms with van der Waals surface area (Å²) in [5.41, 5.74) is 0. The van der Waals surface area contributed by atoms with Crippen molar-refractivity contribution in [2.24, 2.45) is 0 Å². The van der Waals surface area contributed by atoms with Crippen LogP contribution in [0.25, 0.3) is 0 Å². The third-order valence-electron chi connectivity index (χ3n) is 3.08. The van der Waals surface area contributed by atoms with Gasteiger partial charge in [0.15, 0.2) is 0 Å². The average Bonchev–Trinajstić information content (AvgIpc) is 2.55. The molecule has 0 aliphatic carbocycles. The van der Waals surface area contributed by atoms with E-state index in [0.29, 0.717) is 13.1 Å². The van der Waals surface area contributed by atoms with Crippen LogP contribution in [0.5, 0.6) is 11.5 Å². The Hall–Kier alpha value is -2.04. The summed E-state index contributed by atoms with van der Waals surface area (Å²) in [5.74, 6) is 1.62. The van der Waals surface area contributed by atoms with Crippen LogP contribution in [0.1, 0.15) is 6.92 Å². The Kier molecular flexibility index (Phi) is 6.74. The Balaban J connectivity index is 1.59. The van der Waals surface area contributed by atoms with E-state index in [1.165, 1.54) is 0 Å². The van der Waals surface area contributed by atoms with E-state index in [0.717, 1.165) is 11.5 Å². The molecule has 0 spiro atoms. The second-order valence-corrected chi connectivity index (χ2v) is 5.18.